The Labute approximate surface area is 102 Å². The lowest BCUT2D eigenvalue weighted by Gasteiger charge is -2.19. The van der Waals surface area contributed by atoms with E-state index in [1.807, 2.05) is 6.92 Å². The maximum Gasteiger partial charge on any atom is 0.328 e. The first-order valence-electron chi connectivity index (χ1n) is 6.18. The third-order valence-electron chi connectivity index (χ3n) is 2.95. The van der Waals surface area contributed by atoms with Gasteiger partial charge in [0, 0.05) is 6.61 Å². The van der Waals surface area contributed by atoms with Crippen LogP contribution in [0.4, 0.5) is 0 Å². The molecule has 0 aromatic carbocycles. The largest absolute Gasteiger partial charge is 0.464 e. The average Bonchev–Trinajstić information content (AvgIpc) is 2.77. The van der Waals surface area contributed by atoms with E-state index in [4.69, 9.17) is 9.47 Å². The first-order valence-corrected chi connectivity index (χ1v) is 6.18. The topological polar surface area (TPSA) is 64.6 Å². The molecule has 0 saturated carbocycles. The van der Waals surface area contributed by atoms with Crippen molar-refractivity contribution in [2.24, 2.45) is 5.92 Å². The van der Waals surface area contributed by atoms with Crippen LogP contribution in [0.25, 0.3) is 0 Å². The van der Waals surface area contributed by atoms with Crippen LogP contribution in [0, 0.1) is 5.92 Å². The molecule has 98 valence electrons. The third kappa shape index (κ3) is 3.70. The SMILES string of the molecule is CCOC(=O)C(C)NC(=O)C1CCOC1CC. The molecule has 17 heavy (non-hydrogen) atoms. The summed E-state index contributed by atoms with van der Waals surface area (Å²) in [4.78, 5) is 23.3. The Hall–Kier alpha value is -1.10. The second-order valence-corrected chi connectivity index (χ2v) is 4.19. The summed E-state index contributed by atoms with van der Waals surface area (Å²) in [6, 6.07) is -0.597. The normalized spacial score (nSPS) is 25.4. The molecule has 1 rings (SSSR count). The summed E-state index contributed by atoms with van der Waals surface area (Å²) in [5.41, 5.74) is 0. The summed E-state index contributed by atoms with van der Waals surface area (Å²) in [6.07, 6.45) is 1.51. The van der Waals surface area contributed by atoms with Gasteiger partial charge in [0.25, 0.3) is 0 Å². The first kappa shape index (κ1) is 14.0. The van der Waals surface area contributed by atoms with Gasteiger partial charge in [0.1, 0.15) is 6.04 Å². The van der Waals surface area contributed by atoms with Crippen molar-refractivity contribution in [3.05, 3.63) is 0 Å². The fourth-order valence-corrected chi connectivity index (χ4v) is 2.00. The Kier molecular flexibility index (Phi) is 5.41. The Morgan fingerprint density at radius 3 is 2.76 bits per heavy atom. The summed E-state index contributed by atoms with van der Waals surface area (Å²) in [6.45, 7) is 6.30. The lowest BCUT2D eigenvalue weighted by molar-refractivity contribution is -0.147. The standard InChI is InChI=1S/C12H21NO4/c1-4-10-9(6-7-17-10)11(14)13-8(3)12(15)16-5-2/h8-10H,4-7H2,1-3H3,(H,13,14). The number of rotatable bonds is 5. The van der Waals surface area contributed by atoms with Crippen LogP contribution >= 0.6 is 0 Å². The van der Waals surface area contributed by atoms with Crippen molar-refractivity contribution >= 4 is 11.9 Å². The van der Waals surface area contributed by atoms with Crippen molar-refractivity contribution in [3.8, 4) is 0 Å². The zero-order valence-electron chi connectivity index (χ0n) is 10.7. The van der Waals surface area contributed by atoms with Gasteiger partial charge in [-0.05, 0) is 26.7 Å². The molecule has 0 spiro atoms. The highest BCUT2D eigenvalue weighted by atomic mass is 16.5. The highest BCUT2D eigenvalue weighted by molar-refractivity contribution is 5.85. The second kappa shape index (κ2) is 6.59. The quantitative estimate of drug-likeness (QED) is 0.728. The molecule has 3 unspecified atom stereocenters. The molecule has 1 amide bonds. The van der Waals surface area contributed by atoms with Crippen molar-refractivity contribution in [1.29, 1.82) is 0 Å². The Balaban J connectivity index is 2.45. The van der Waals surface area contributed by atoms with E-state index >= 15 is 0 Å². The fourth-order valence-electron chi connectivity index (χ4n) is 2.00. The molecule has 0 radical (unpaired) electrons. The van der Waals surface area contributed by atoms with Crippen molar-refractivity contribution < 1.29 is 19.1 Å². The van der Waals surface area contributed by atoms with E-state index in [0.717, 1.165) is 12.8 Å². The van der Waals surface area contributed by atoms with Gasteiger partial charge in [-0.2, -0.15) is 0 Å². The molecule has 1 fully saturated rings. The molecule has 1 N–H and O–H groups in total. The Morgan fingerprint density at radius 1 is 1.47 bits per heavy atom. The maximum absolute atomic E-state index is 11.9. The van der Waals surface area contributed by atoms with E-state index in [2.05, 4.69) is 5.32 Å². The predicted octanol–water partition coefficient (Wildman–Crippen LogP) is 0.869. The van der Waals surface area contributed by atoms with Gasteiger partial charge in [0.15, 0.2) is 0 Å². The average molecular weight is 243 g/mol. The number of amides is 1. The highest BCUT2D eigenvalue weighted by Crippen LogP contribution is 2.23. The third-order valence-corrected chi connectivity index (χ3v) is 2.95. The van der Waals surface area contributed by atoms with Gasteiger partial charge in [-0.1, -0.05) is 6.92 Å². The highest BCUT2D eigenvalue weighted by Gasteiger charge is 2.34. The summed E-state index contributed by atoms with van der Waals surface area (Å²) in [5.74, 6) is -0.653. The van der Waals surface area contributed by atoms with Crippen LogP contribution < -0.4 is 5.32 Å². The summed E-state index contributed by atoms with van der Waals surface area (Å²) in [5, 5.41) is 2.68. The van der Waals surface area contributed by atoms with Crippen LogP contribution in [0.1, 0.15) is 33.6 Å². The molecule has 1 aliphatic rings. The number of hydrogen-bond acceptors (Lipinski definition) is 4. The zero-order chi connectivity index (χ0) is 12.8. The van der Waals surface area contributed by atoms with E-state index < -0.39 is 12.0 Å². The van der Waals surface area contributed by atoms with E-state index in [9.17, 15) is 9.59 Å². The molecule has 3 atom stereocenters. The van der Waals surface area contributed by atoms with Crippen LogP contribution in [0.3, 0.4) is 0 Å². The molecular weight excluding hydrogens is 222 g/mol. The van der Waals surface area contributed by atoms with Crippen LogP contribution in [0.5, 0.6) is 0 Å². The maximum atomic E-state index is 11.9. The van der Waals surface area contributed by atoms with Gasteiger partial charge in [-0.3, -0.25) is 4.79 Å². The Morgan fingerprint density at radius 2 is 2.18 bits per heavy atom. The van der Waals surface area contributed by atoms with Crippen molar-refractivity contribution in [2.75, 3.05) is 13.2 Å². The van der Waals surface area contributed by atoms with Gasteiger partial charge in [0.2, 0.25) is 5.91 Å². The number of ether oxygens (including phenoxy) is 2. The minimum atomic E-state index is -0.597. The predicted molar refractivity (Wildman–Crippen MR) is 62.4 cm³/mol. The van der Waals surface area contributed by atoms with Crippen molar-refractivity contribution in [1.82, 2.24) is 5.32 Å². The minimum absolute atomic E-state index is 0.0237. The van der Waals surface area contributed by atoms with E-state index in [1.165, 1.54) is 0 Å². The van der Waals surface area contributed by atoms with Gasteiger partial charge < -0.3 is 14.8 Å². The van der Waals surface area contributed by atoms with E-state index in [-0.39, 0.29) is 17.9 Å². The summed E-state index contributed by atoms with van der Waals surface area (Å²) < 4.78 is 10.3. The molecule has 1 heterocycles. The Bertz CT molecular complexity index is 280. The smallest absolute Gasteiger partial charge is 0.328 e. The molecule has 0 aromatic heterocycles. The van der Waals surface area contributed by atoms with Crippen LogP contribution in [0.2, 0.25) is 0 Å². The monoisotopic (exact) mass is 243 g/mol. The van der Waals surface area contributed by atoms with Crippen molar-refractivity contribution in [2.45, 2.75) is 45.8 Å². The van der Waals surface area contributed by atoms with Gasteiger partial charge in [-0.15, -0.1) is 0 Å². The summed E-state index contributed by atoms with van der Waals surface area (Å²) >= 11 is 0. The van der Waals surface area contributed by atoms with E-state index in [1.54, 1.807) is 13.8 Å². The fraction of sp³-hybridized carbons (Fsp3) is 0.833. The van der Waals surface area contributed by atoms with Gasteiger partial charge in [-0.25, -0.2) is 4.79 Å². The lowest BCUT2D eigenvalue weighted by Crippen LogP contribution is -2.44. The van der Waals surface area contributed by atoms with Crippen LogP contribution in [0.15, 0.2) is 0 Å². The number of carbonyl (C=O) groups excluding carboxylic acids is 2. The summed E-state index contributed by atoms with van der Waals surface area (Å²) in [7, 11) is 0. The van der Waals surface area contributed by atoms with Crippen LogP contribution in [-0.4, -0.2) is 37.2 Å². The number of carbonyl (C=O) groups is 2. The minimum Gasteiger partial charge on any atom is -0.464 e. The van der Waals surface area contributed by atoms with E-state index in [0.29, 0.717) is 13.2 Å². The molecule has 0 aromatic rings. The molecular formula is C12H21NO4. The number of nitrogens with one attached hydrogen (secondary N) is 1. The molecule has 0 bridgehead atoms. The molecule has 5 heteroatoms. The molecule has 5 nitrogen and oxygen atoms in total. The molecule has 1 saturated heterocycles. The van der Waals surface area contributed by atoms with Crippen LogP contribution in [-0.2, 0) is 19.1 Å². The number of esters is 1. The lowest BCUT2D eigenvalue weighted by atomic mass is 9.98. The van der Waals surface area contributed by atoms with Crippen molar-refractivity contribution in [3.63, 3.8) is 0 Å². The molecule has 0 aliphatic carbocycles. The van der Waals surface area contributed by atoms with Gasteiger partial charge >= 0.3 is 5.97 Å². The first-order chi connectivity index (χ1) is 8.10. The number of hydrogen-bond donors (Lipinski definition) is 1. The van der Waals surface area contributed by atoms with Gasteiger partial charge in [0.05, 0.1) is 18.6 Å². The molecule has 1 aliphatic heterocycles. The zero-order valence-corrected chi connectivity index (χ0v) is 10.7. The second-order valence-electron chi connectivity index (χ2n) is 4.19.